The Morgan fingerprint density at radius 1 is 0.969 bits per heavy atom. The maximum Gasteiger partial charge on any atom is 0.246 e. The quantitative estimate of drug-likeness (QED) is 0.108. The van der Waals surface area contributed by atoms with E-state index in [-0.39, 0.29) is 43.2 Å². The van der Waals surface area contributed by atoms with E-state index in [2.05, 4.69) is 54.9 Å². The fourth-order valence-corrected chi connectivity index (χ4v) is 10.6. The van der Waals surface area contributed by atoms with Gasteiger partial charge in [-0.2, -0.15) is 5.10 Å². The molecule has 336 valence electrons. The number of Topliss-reactive ketones (excluding diaryl/α,β-unsaturated/α-hetero) is 1. The summed E-state index contributed by atoms with van der Waals surface area (Å²) in [5, 5.41) is 21.7. The highest BCUT2D eigenvalue weighted by molar-refractivity contribution is 7.13. The summed E-state index contributed by atoms with van der Waals surface area (Å²) < 4.78 is 1.81. The highest BCUT2D eigenvalue weighted by Crippen LogP contribution is 2.46. The van der Waals surface area contributed by atoms with Crippen LogP contribution in [0, 0.1) is 17.8 Å². The van der Waals surface area contributed by atoms with Crippen molar-refractivity contribution >= 4 is 52.1 Å². The Balaban J connectivity index is 0.838. The molecular formula is C49H57ClN8O5S. The lowest BCUT2D eigenvalue weighted by Gasteiger charge is -2.40. The van der Waals surface area contributed by atoms with Crippen LogP contribution in [0.2, 0.25) is 5.02 Å². The summed E-state index contributed by atoms with van der Waals surface area (Å²) in [5.41, 5.74) is 8.77. The number of aliphatic hydroxyl groups is 1. The molecule has 2 unspecified atom stereocenters. The molecule has 3 N–H and O–H groups in total. The largest absolute Gasteiger partial charge is 0.391 e. The van der Waals surface area contributed by atoms with Crippen LogP contribution in [-0.2, 0) is 32.3 Å². The van der Waals surface area contributed by atoms with Crippen LogP contribution in [-0.4, -0.2) is 91.1 Å². The topological polar surface area (TPSA) is 163 Å². The predicted octanol–water partition coefficient (Wildman–Crippen LogP) is 7.63. The summed E-state index contributed by atoms with van der Waals surface area (Å²) in [5.74, 6) is -0.598. The number of pyridine rings is 1. The van der Waals surface area contributed by atoms with Crippen LogP contribution < -0.4 is 15.5 Å². The van der Waals surface area contributed by atoms with Crippen molar-refractivity contribution in [3.63, 3.8) is 0 Å². The highest BCUT2D eigenvalue weighted by atomic mass is 35.5. The number of nitrogens with one attached hydrogen (secondary N) is 2. The molecule has 1 saturated carbocycles. The molecule has 2 aliphatic heterocycles. The van der Waals surface area contributed by atoms with Crippen molar-refractivity contribution in [3.8, 4) is 32.7 Å². The number of carbonyl (C=O) groups is 4. The molecule has 3 aromatic heterocycles. The summed E-state index contributed by atoms with van der Waals surface area (Å²) in [4.78, 5) is 67.3. The van der Waals surface area contributed by atoms with E-state index in [1.54, 1.807) is 23.7 Å². The smallest absolute Gasteiger partial charge is 0.246 e. The molecule has 15 heteroatoms. The van der Waals surface area contributed by atoms with E-state index in [0.717, 1.165) is 88.4 Å². The van der Waals surface area contributed by atoms with E-state index >= 15 is 0 Å². The van der Waals surface area contributed by atoms with Crippen molar-refractivity contribution < 1.29 is 24.3 Å². The molecule has 64 heavy (non-hydrogen) atoms. The van der Waals surface area contributed by atoms with E-state index in [4.69, 9.17) is 11.6 Å². The Labute approximate surface area is 383 Å². The minimum atomic E-state index is -0.907. The lowest BCUT2D eigenvalue weighted by atomic mass is 9.76. The van der Waals surface area contributed by atoms with Gasteiger partial charge < -0.3 is 25.5 Å². The highest BCUT2D eigenvalue weighted by Gasteiger charge is 2.45. The number of carbonyl (C=O) groups excluding carboxylic acids is 4. The van der Waals surface area contributed by atoms with Crippen LogP contribution in [0.1, 0.15) is 83.4 Å². The van der Waals surface area contributed by atoms with Gasteiger partial charge >= 0.3 is 0 Å². The van der Waals surface area contributed by atoms with Gasteiger partial charge in [0.25, 0.3) is 0 Å². The van der Waals surface area contributed by atoms with Crippen molar-refractivity contribution in [2.45, 2.75) is 110 Å². The molecule has 2 aromatic carbocycles. The number of rotatable bonds is 13. The predicted molar refractivity (Wildman–Crippen MR) is 250 cm³/mol. The second kappa shape index (κ2) is 19.0. The Bertz CT molecular complexity index is 2490. The molecule has 1 aliphatic carbocycles. The lowest BCUT2D eigenvalue weighted by molar-refractivity contribution is -0.144. The minimum Gasteiger partial charge on any atom is -0.391 e. The summed E-state index contributed by atoms with van der Waals surface area (Å²) in [7, 11) is 0. The van der Waals surface area contributed by atoms with E-state index in [9.17, 15) is 24.3 Å². The number of nitrogens with zero attached hydrogens (tertiary/aromatic N) is 6. The molecule has 1 spiro atoms. The summed E-state index contributed by atoms with van der Waals surface area (Å²) in [6.45, 7) is 9.95. The number of piperidine rings is 1. The molecule has 3 fully saturated rings. The zero-order valence-corrected chi connectivity index (χ0v) is 38.6. The van der Waals surface area contributed by atoms with Gasteiger partial charge in [-0.25, -0.2) is 4.98 Å². The monoisotopic (exact) mass is 904 g/mol. The first-order chi connectivity index (χ1) is 30.7. The number of β-amino-alcohol motifs (C(OH)–C–C–N with tert-alkyl or cyclic N) is 1. The lowest BCUT2D eigenvalue weighted by Crippen LogP contribution is -2.57. The van der Waals surface area contributed by atoms with Crippen molar-refractivity contribution in [2.75, 3.05) is 24.5 Å². The molecular weight excluding hydrogens is 848 g/mol. The van der Waals surface area contributed by atoms with Gasteiger partial charge in [-0.15, -0.1) is 11.3 Å². The number of thiazole rings is 1. The molecule has 0 radical (unpaired) electrons. The first-order valence-electron chi connectivity index (χ1n) is 22.3. The SMILES string of the molecule is Cc1ncsc1-c1ccc(CNC(=O)C2C[C@@H](O)CN2C(=O)C(NC(=O)CCCn2cc(-c3ccc(-c4cncc(Cl)c4N4CCC5(CCCC5=O)CC4)cc3)cn2)C(C)(C)C)cc1. The number of likely N-dealkylation sites (tertiary alicyclic amines) is 1. The van der Waals surface area contributed by atoms with E-state index in [0.29, 0.717) is 30.2 Å². The number of aliphatic hydroxyl groups excluding tert-OH is 1. The number of anilines is 1. The number of hydrogen-bond donors (Lipinski definition) is 3. The Morgan fingerprint density at radius 3 is 2.36 bits per heavy atom. The number of amides is 3. The van der Waals surface area contributed by atoms with Crippen molar-refractivity contribution in [2.24, 2.45) is 10.8 Å². The zero-order chi connectivity index (χ0) is 45.2. The second-order valence-electron chi connectivity index (χ2n) is 18.7. The van der Waals surface area contributed by atoms with Crippen LogP contribution >= 0.6 is 22.9 Å². The number of ketones is 1. The maximum atomic E-state index is 14.1. The van der Waals surface area contributed by atoms with Crippen LogP contribution in [0.5, 0.6) is 0 Å². The first-order valence-corrected chi connectivity index (χ1v) is 23.5. The minimum absolute atomic E-state index is 0.00859. The molecule has 5 heterocycles. The number of halogens is 1. The second-order valence-corrected chi connectivity index (χ2v) is 19.9. The van der Waals surface area contributed by atoms with Gasteiger partial charge in [-0.3, -0.25) is 28.8 Å². The molecule has 5 aromatic rings. The van der Waals surface area contributed by atoms with Gasteiger partial charge in [0.05, 0.1) is 39.1 Å². The van der Waals surface area contributed by atoms with E-state index in [1.807, 2.05) is 74.5 Å². The third-order valence-electron chi connectivity index (χ3n) is 13.2. The summed E-state index contributed by atoms with van der Waals surface area (Å²) in [6.07, 6.45) is 11.6. The standard InChI is InChI=1S/C49H57ClN8O5S/c1-31-44(64-30-53-31)35-11-9-32(10-12-35)24-52-46(62)40-23-37(59)29-58(40)47(63)45(48(2,3)4)55-42(61)8-6-20-57-28-36(25-54-57)33-13-15-34(16-14-33)38-26-51-27-39(50)43(38)56-21-18-49(19-22-56)17-5-7-41(49)60/h9-16,25-28,30,37,40,45,59H,5-8,17-24,29H2,1-4H3,(H,52,62)(H,55,61)/t37-,40?,45?/m1/s1. The average Bonchev–Trinajstić information content (AvgIpc) is 4.10. The number of aromatic nitrogens is 4. The van der Waals surface area contributed by atoms with E-state index in [1.165, 1.54) is 4.90 Å². The molecule has 3 amide bonds. The molecule has 8 rings (SSSR count). The van der Waals surface area contributed by atoms with E-state index < -0.39 is 29.5 Å². The fraction of sp³-hybridized carbons (Fsp3) is 0.449. The van der Waals surface area contributed by atoms with Crippen LogP contribution in [0.4, 0.5) is 5.69 Å². The fourth-order valence-electron chi connectivity index (χ4n) is 9.53. The third kappa shape index (κ3) is 9.79. The molecule has 3 aliphatic rings. The summed E-state index contributed by atoms with van der Waals surface area (Å²) in [6, 6.07) is 14.4. The molecule has 3 atom stereocenters. The van der Waals surface area contributed by atoms with Crippen LogP contribution in [0.15, 0.2) is 78.8 Å². The third-order valence-corrected chi connectivity index (χ3v) is 14.5. The van der Waals surface area contributed by atoms with Gasteiger partial charge in [0.1, 0.15) is 17.9 Å². The van der Waals surface area contributed by atoms with Crippen molar-refractivity contribution in [1.29, 1.82) is 0 Å². The van der Waals surface area contributed by atoms with Crippen LogP contribution in [0.25, 0.3) is 32.7 Å². The normalized spacial score (nSPS) is 19.0. The van der Waals surface area contributed by atoms with Gasteiger partial charge in [0.2, 0.25) is 17.7 Å². The van der Waals surface area contributed by atoms with Gasteiger partial charge in [0, 0.05) is 87.1 Å². The summed E-state index contributed by atoms with van der Waals surface area (Å²) >= 11 is 8.36. The maximum absolute atomic E-state index is 14.1. The number of benzene rings is 2. The zero-order valence-electron chi connectivity index (χ0n) is 37.0. The Kier molecular flexibility index (Phi) is 13.4. The van der Waals surface area contributed by atoms with Gasteiger partial charge in [-0.05, 0) is 66.7 Å². The molecule has 0 bridgehead atoms. The average molecular weight is 906 g/mol. The molecule has 13 nitrogen and oxygen atoms in total. The van der Waals surface area contributed by atoms with Gasteiger partial charge in [-0.1, -0.05) is 80.9 Å². The van der Waals surface area contributed by atoms with Gasteiger partial charge in [0.15, 0.2) is 0 Å². The number of aryl methyl sites for hydroxylation is 2. The Morgan fingerprint density at radius 2 is 1.69 bits per heavy atom. The Hall–Kier alpha value is -5.44. The van der Waals surface area contributed by atoms with Crippen LogP contribution in [0.3, 0.4) is 0 Å². The number of hydrogen-bond acceptors (Lipinski definition) is 10. The first kappa shape index (κ1) is 45.1. The molecule has 2 saturated heterocycles. The van der Waals surface area contributed by atoms with Crippen molar-refractivity contribution in [3.05, 3.63) is 95.1 Å². The van der Waals surface area contributed by atoms with Crippen molar-refractivity contribution in [1.82, 2.24) is 35.3 Å².